The number of likely N-dealkylation sites (tertiary alicyclic amines) is 3. The highest BCUT2D eigenvalue weighted by Gasteiger charge is 2.49. The number of carbonyl (C=O) groups excluding carboxylic acids is 8. The number of β-amino-alcohol motifs (C(OH)–C–C–N with tert-alkyl or cyclic N) is 3. The maximum atomic E-state index is 14.1. The van der Waals surface area contributed by atoms with E-state index in [1.807, 2.05) is 135 Å². The number of fused-ring (bicyclic) bond motifs is 2. The van der Waals surface area contributed by atoms with Crippen molar-refractivity contribution in [2.45, 2.75) is 254 Å². The first-order valence-electron chi connectivity index (χ1n) is 40.9. The van der Waals surface area contributed by atoms with Crippen LogP contribution in [0.5, 0.6) is 0 Å². The van der Waals surface area contributed by atoms with Crippen molar-refractivity contribution in [3.8, 4) is 22.3 Å². The van der Waals surface area contributed by atoms with Gasteiger partial charge in [0.25, 0.3) is 11.8 Å². The summed E-state index contributed by atoms with van der Waals surface area (Å²) >= 11 is 6.19. The Morgan fingerprint density at radius 2 is 0.966 bits per heavy atom. The number of aryl methyl sites for hydroxylation is 3. The number of hydrogen-bond donors (Lipinski definition) is 6. The summed E-state index contributed by atoms with van der Waals surface area (Å²) in [7, 11) is 0. The number of aliphatic hydroxyl groups is 3. The van der Waals surface area contributed by atoms with E-state index in [9.17, 15) is 53.7 Å². The molecule has 25 nitrogen and oxygen atoms in total. The molecule has 8 amide bonds. The first-order chi connectivity index (χ1) is 55.5. The monoisotopic (exact) mass is 1630 g/mol. The zero-order chi connectivity index (χ0) is 86.1. The van der Waals surface area contributed by atoms with Gasteiger partial charge in [0.1, 0.15) is 53.9 Å². The number of nitrogens with zero attached hydrogens (tertiary/aromatic N) is 8. The molecule has 0 bridgehead atoms. The molecular weight excluding hydrogens is 1520 g/mol. The number of benzene rings is 5. The van der Waals surface area contributed by atoms with Gasteiger partial charge >= 0.3 is 0 Å². The molecule has 26 heteroatoms. The van der Waals surface area contributed by atoms with Crippen LogP contribution in [-0.2, 0) is 71.2 Å². The van der Waals surface area contributed by atoms with E-state index in [-0.39, 0.29) is 133 Å². The first-order valence-corrected chi connectivity index (χ1v) is 41.3. The highest BCUT2D eigenvalue weighted by atomic mass is 35.5. The lowest BCUT2D eigenvalue weighted by molar-refractivity contribution is -0.143. The van der Waals surface area contributed by atoms with Crippen LogP contribution in [0.25, 0.3) is 22.3 Å². The molecule has 6 N–H and O–H groups in total. The van der Waals surface area contributed by atoms with Crippen LogP contribution in [0, 0.1) is 38.5 Å². The number of amides is 8. The Bertz CT molecular complexity index is 5020. The van der Waals surface area contributed by atoms with Gasteiger partial charge in [0.15, 0.2) is 0 Å². The Labute approximate surface area is 696 Å². The summed E-state index contributed by atoms with van der Waals surface area (Å²) in [6.45, 7) is 39.5. The number of hydrogen-bond acceptors (Lipinski definition) is 17. The van der Waals surface area contributed by atoms with Crippen LogP contribution in [0.4, 0.5) is 0 Å². The van der Waals surface area contributed by atoms with Gasteiger partial charge in [-0.05, 0) is 142 Å². The Morgan fingerprint density at radius 3 is 1.40 bits per heavy atom. The molecule has 0 radical (unpaired) electrons. The molecular formula is C92H116ClN11O14. The standard InChI is InChI=1S/C34H42N4O5.C33H40N4O5.C25H34ClN3O4/c1-19(2)30(38-16-23-10-8-9-11-26(23)32(38)41)33(42)37-17-24(39)15-29(37)31(40)35-20(3)25-13-12-22(14-28(25)34(5,6)7)27-18-43-36-21(27)4;1-19(2)29(37-17-23-9-7-8-10-25(23)31(37)40)32(41)36-18-24(38)14-28(36)30(39)34-15-22-12-11-21(13-27(22)33(4,5)6)26-16-35-42-20(26)3;1-14(2)22(21-9-15(3)28-33-21)24(32)29-13-18(30)11-20(29)23(31)27-12-16-7-8-17(26)10-19(16)25(4,5)6/h8-14,18-20,24,29-30,39H,15-17H2,1-7H3,(H,35,40);7-13,16,19,24,28-29,38H,14-15,17-18H2,1-6H3,(H,34,39);7-10,14,18,20,22,30H,11-13H2,1-6H3,(H,27,31). The molecule has 630 valence electrons. The Morgan fingerprint density at radius 1 is 0.517 bits per heavy atom. The van der Waals surface area contributed by atoms with Crippen LogP contribution in [0.1, 0.15) is 230 Å². The molecule has 5 aliphatic heterocycles. The predicted octanol–water partition coefficient (Wildman–Crippen LogP) is 12.9. The molecule has 118 heavy (non-hydrogen) atoms. The third-order valence-electron chi connectivity index (χ3n) is 23.1. The second-order valence-corrected chi connectivity index (χ2v) is 36.8. The van der Waals surface area contributed by atoms with Gasteiger partial charge in [-0.25, -0.2) is 0 Å². The fourth-order valence-electron chi connectivity index (χ4n) is 17.1. The quantitative estimate of drug-likeness (QED) is 0.0413. The molecule has 10 atom stereocenters. The molecule has 5 aromatic carbocycles. The Kier molecular flexibility index (Phi) is 27.1. The number of halogens is 1. The highest BCUT2D eigenvalue weighted by molar-refractivity contribution is 6.30. The largest absolute Gasteiger partial charge is 0.391 e. The summed E-state index contributed by atoms with van der Waals surface area (Å²) in [6.07, 6.45) is 1.42. The number of nitrogens with one attached hydrogen (secondary N) is 3. The van der Waals surface area contributed by atoms with Gasteiger partial charge in [-0.15, -0.1) is 0 Å². The van der Waals surface area contributed by atoms with Gasteiger partial charge in [-0.2, -0.15) is 0 Å². The lowest BCUT2D eigenvalue weighted by atomic mass is 9.80. The Hall–Kier alpha value is -10.3. The van der Waals surface area contributed by atoms with Crippen LogP contribution in [0.15, 0.2) is 135 Å². The summed E-state index contributed by atoms with van der Waals surface area (Å²) in [5, 5.41) is 53.1. The molecule has 10 unspecified atom stereocenters. The van der Waals surface area contributed by atoms with Gasteiger partial charge in [-0.1, -0.05) is 210 Å². The van der Waals surface area contributed by atoms with Gasteiger partial charge in [0.2, 0.25) is 35.4 Å². The summed E-state index contributed by atoms with van der Waals surface area (Å²) in [6, 6.07) is 30.1. The fourth-order valence-corrected chi connectivity index (χ4v) is 17.3. The molecule has 0 aliphatic carbocycles. The third kappa shape index (κ3) is 19.5. The minimum absolute atomic E-state index is 0.0452. The predicted molar refractivity (Wildman–Crippen MR) is 448 cm³/mol. The average Bonchev–Trinajstić information content (AvgIpc) is 1.55. The van der Waals surface area contributed by atoms with E-state index < -0.39 is 54.4 Å². The Balaban J connectivity index is 0.000000175. The van der Waals surface area contributed by atoms with Gasteiger partial charge in [0, 0.05) is 98.4 Å². The van der Waals surface area contributed by atoms with Crippen molar-refractivity contribution < 1.29 is 67.2 Å². The molecule has 8 aromatic rings. The SMILES string of the molecule is Cc1cc(C(C(=O)N2CC(O)CC2C(=O)NCc2ccc(Cl)cc2C(C)(C)C)C(C)C)on1.Cc1nocc1-c1ccc(C(C)NC(=O)C2CC(O)CN2C(=O)C(C(C)C)N2Cc3ccccc3C2=O)c(C(C)(C)C)c1.Cc1oncc1-c1ccc(CNC(=O)C2CC(O)CN2C(=O)C(C(C)C)N2Cc3ccccc3C2=O)c(C(C)(C)C)c1. The minimum Gasteiger partial charge on any atom is -0.391 e. The molecule has 8 heterocycles. The number of carbonyl (C=O) groups is 8. The summed E-state index contributed by atoms with van der Waals surface area (Å²) in [5.41, 5.74) is 13.8. The molecule has 0 spiro atoms. The van der Waals surface area contributed by atoms with E-state index in [2.05, 4.69) is 106 Å². The number of aromatic nitrogens is 3. The van der Waals surface area contributed by atoms with Crippen LogP contribution in [0.2, 0.25) is 5.02 Å². The van der Waals surface area contributed by atoms with Crippen molar-refractivity contribution in [1.82, 2.24) is 55.9 Å². The zero-order valence-corrected chi connectivity index (χ0v) is 72.2. The average molecular weight is 1640 g/mol. The van der Waals surface area contributed by atoms with Crippen LogP contribution < -0.4 is 16.0 Å². The second kappa shape index (κ2) is 36.1. The second-order valence-electron chi connectivity index (χ2n) is 36.3. The fraction of sp³-hybridized carbons (Fsp3) is 0.489. The van der Waals surface area contributed by atoms with Crippen LogP contribution in [-0.4, -0.2) is 171 Å². The van der Waals surface area contributed by atoms with E-state index in [0.717, 1.165) is 78.2 Å². The van der Waals surface area contributed by atoms with Crippen molar-refractivity contribution >= 4 is 58.9 Å². The molecule has 13 rings (SSSR count). The molecule has 3 fully saturated rings. The van der Waals surface area contributed by atoms with E-state index >= 15 is 0 Å². The van der Waals surface area contributed by atoms with Crippen molar-refractivity contribution in [2.24, 2.45) is 17.8 Å². The first kappa shape index (κ1) is 88.5. The maximum Gasteiger partial charge on any atom is 0.255 e. The minimum atomic E-state index is -0.844. The normalized spacial score (nSPS) is 19.7. The summed E-state index contributed by atoms with van der Waals surface area (Å²) < 4.78 is 15.8. The van der Waals surface area contributed by atoms with Crippen molar-refractivity contribution in [2.75, 3.05) is 19.6 Å². The smallest absolute Gasteiger partial charge is 0.255 e. The van der Waals surface area contributed by atoms with E-state index in [4.69, 9.17) is 25.2 Å². The summed E-state index contributed by atoms with van der Waals surface area (Å²) in [5.74, 6) is -1.95. The lowest BCUT2D eigenvalue weighted by Crippen LogP contribution is -2.55. The summed E-state index contributed by atoms with van der Waals surface area (Å²) in [4.78, 5) is 116. The molecule has 3 saturated heterocycles. The third-order valence-corrected chi connectivity index (χ3v) is 23.4. The van der Waals surface area contributed by atoms with Crippen molar-refractivity contribution in [3.05, 3.63) is 205 Å². The van der Waals surface area contributed by atoms with Gasteiger partial charge in [-0.3, -0.25) is 38.4 Å². The van der Waals surface area contributed by atoms with E-state index in [1.165, 1.54) is 14.7 Å². The lowest BCUT2D eigenvalue weighted by Gasteiger charge is -2.35. The van der Waals surface area contributed by atoms with Crippen LogP contribution in [0.3, 0.4) is 0 Å². The van der Waals surface area contributed by atoms with E-state index in [1.54, 1.807) is 53.4 Å². The molecule has 5 aliphatic rings. The van der Waals surface area contributed by atoms with Gasteiger partial charge in [0.05, 0.1) is 41.9 Å². The molecule has 3 aromatic heterocycles. The maximum absolute atomic E-state index is 14.1. The van der Waals surface area contributed by atoms with Gasteiger partial charge < -0.3 is 69.3 Å². The van der Waals surface area contributed by atoms with Crippen LogP contribution >= 0.6 is 11.6 Å². The highest BCUT2D eigenvalue weighted by Crippen LogP contribution is 2.40. The van der Waals surface area contributed by atoms with E-state index in [0.29, 0.717) is 47.2 Å². The zero-order valence-electron chi connectivity index (χ0n) is 71.4. The number of rotatable bonds is 20. The molecule has 0 saturated carbocycles. The van der Waals surface area contributed by atoms with Crippen molar-refractivity contribution in [3.63, 3.8) is 0 Å². The van der Waals surface area contributed by atoms with Crippen molar-refractivity contribution in [1.29, 1.82) is 0 Å². The number of aliphatic hydroxyl groups excluding tert-OH is 3. The topological polar surface area (TPSA) is 328 Å².